The molecule has 0 radical (unpaired) electrons. The van der Waals surface area contributed by atoms with E-state index in [2.05, 4.69) is 12.2 Å². The van der Waals surface area contributed by atoms with Crippen molar-refractivity contribution in [3.05, 3.63) is 0 Å². The first-order valence-corrected chi connectivity index (χ1v) is 3.06. The Morgan fingerprint density at radius 3 is 2.88 bits per heavy atom. The molecule has 46 valence electrons. The van der Waals surface area contributed by atoms with Crippen LogP contribution in [0.15, 0.2) is 0 Å². The van der Waals surface area contributed by atoms with Crippen LogP contribution in [0.1, 0.15) is 19.8 Å². The molecule has 2 nitrogen and oxygen atoms in total. The largest absolute Gasteiger partial charge is 0.356 e. The second kappa shape index (κ2) is 2.16. The highest BCUT2D eigenvalue weighted by Crippen LogP contribution is 2.09. The van der Waals surface area contributed by atoms with Crippen LogP contribution in [0.2, 0.25) is 0 Å². The summed E-state index contributed by atoms with van der Waals surface area (Å²) in [5, 5.41) is 2.77. The highest BCUT2D eigenvalue weighted by atomic mass is 16.1. The van der Waals surface area contributed by atoms with Gasteiger partial charge in [-0.1, -0.05) is 6.92 Å². The molecule has 0 bridgehead atoms. The topological polar surface area (TPSA) is 29.1 Å². The minimum atomic E-state index is 0.212. The van der Waals surface area contributed by atoms with E-state index >= 15 is 0 Å². The Hall–Kier alpha value is -0.530. The molecule has 1 atom stereocenters. The van der Waals surface area contributed by atoms with Gasteiger partial charge in [-0.2, -0.15) is 0 Å². The summed E-state index contributed by atoms with van der Waals surface area (Å²) in [6.07, 6.45) is 1.87. The van der Waals surface area contributed by atoms with Gasteiger partial charge in [-0.25, -0.2) is 0 Å². The lowest BCUT2D eigenvalue weighted by Gasteiger charge is -2.16. The average Bonchev–Trinajstić information content (AvgIpc) is 1.64. The number of carbonyl (C=O) groups is 1. The number of nitrogens with one attached hydrogen (secondary N) is 1. The fourth-order valence-electron chi connectivity index (χ4n) is 0.949. The lowest BCUT2D eigenvalue weighted by molar-refractivity contribution is -0.123. The quantitative estimate of drug-likeness (QED) is 0.488. The Morgan fingerprint density at radius 2 is 2.50 bits per heavy atom. The second-order valence-electron chi connectivity index (χ2n) is 2.45. The van der Waals surface area contributed by atoms with E-state index in [9.17, 15) is 4.79 Å². The van der Waals surface area contributed by atoms with Gasteiger partial charge in [-0.15, -0.1) is 0 Å². The summed E-state index contributed by atoms with van der Waals surface area (Å²) >= 11 is 0. The number of hydrogen-bond acceptors (Lipinski definition) is 1. The van der Waals surface area contributed by atoms with E-state index in [0.717, 1.165) is 19.4 Å². The first-order chi connectivity index (χ1) is 3.79. The monoisotopic (exact) mass is 113 g/mol. The maximum atomic E-state index is 10.6. The van der Waals surface area contributed by atoms with Crippen LogP contribution < -0.4 is 5.32 Å². The first kappa shape index (κ1) is 5.60. The summed E-state index contributed by atoms with van der Waals surface area (Å²) in [6.45, 7) is 2.98. The second-order valence-corrected chi connectivity index (χ2v) is 2.45. The smallest absolute Gasteiger partial charge is 0.220 e. The van der Waals surface area contributed by atoms with Gasteiger partial charge in [0, 0.05) is 13.0 Å². The van der Waals surface area contributed by atoms with Crippen molar-refractivity contribution in [2.24, 2.45) is 5.92 Å². The van der Waals surface area contributed by atoms with E-state index in [1.165, 1.54) is 0 Å². The third-order valence-corrected chi connectivity index (χ3v) is 1.49. The molecule has 0 aromatic heterocycles. The van der Waals surface area contributed by atoms with Gasteiger partial charge >= 0.3 is 0 Å². The van der Waals surface area contributed by atoms with Gasteiger partial charge in [0.25, 0.3) is 0 Å². The Morgan fingerprint density at radius 1 is 1.75 bits per heavy atom. The molecule has 0 aromatic carbocycles. The summed E-state index contributed by atoms with van der Waals surface area (Å²) in [5.74, 6) is 0.812. The van der Waals surface area contributed by atoms with Crippen LogP contribution in [0.3, 0.4) is 0 Å². The Kier molecular flexibility index (Phi) is 1.51. The summed E-state index contributed by atoms with van der Waals surface area (Å²) < 4.78 is 0. The summed E-state index contributed by atoms with van der Waals surface area (Å²) in [7, 11) is 0. The third kappa shape index (κ3) is 1.22. The summed E-state index contributed by atoms with van der Waals surface area (Å²) in [6, 6.07) is 0. The fraction of sp³-hybridized carbons (Fsp3) is 0.833. The van der Waals surface area contributed by atoms with Crippen LogP contribution in [0.4, 0.5) is 0 Å². The Balaban J connectivity index is 2.34. The van der Waals surface area contributed by atoms with E-state index < -0.39 is 0 Å². The molecule has 1 heterocycles. The molecule has 0 aliphatic carbocycles. The van der Waals surface area contributed by atoms with E-state index in [0.29, 0.717) is 5.92 Å². The average molecular weight is 113 g/mol. The predicted octanol–water partition coefficient (Wildman–Crippen LogP) is 0.532. The molecule has 1 saturated heterocycles. The molecule has 2 heteroatoms. The molecular formula is C6H11NO. The molecule has 1 unspecified atom stereocenters. The molecule has 1 N–H and O–H groups in total. The van der Waals surface area contributed by atoms with Gasteiger partial charge in [0.1, 0.15) is 0 Å². The highest BCUT2D eigenvalue weighted by Gasteiger charge is 2.13. The van der Waals surface area contributed by atoms with Crippen molar-refractivity contribution in [1.82, 2.24) is 5.32 Å². The predicted molar refractivity (Wildman–Crippen MR) is 31.4 cm³/mol. The zero-order valence-electron chi connectivity index (χ0n) is 5.11. The zero-order valence-corrected chi connectivity index (χ0v) is 5.11. The van der Waals surface area contributed by atoms with Gasteiger partial charge in [0.2, 0.25) is 5.91 Å². The van der Waals surface area contributed by atoms with E-state index in [-0.39, 0.29) is 5.91 Å². The van der Waals surface area contributed by atoms with Crippen LogP contribution in [-0.4, -0.2) is 12.5 Å². The van der Waals surface area contributed by atoms with E-state index in [1.807, 2.05) is 0 Å². The Bertz CT molecular complexity index is 101. The summed E-state index contributed by atoms with van der Waals surface area (Å²) in [4.78, 5) is 10.6. The number of carbonyl (C=O) groups excluding carboxylic acids is 1. The van der Waals surface area contributed by atoms with Crippen LogP contribution in [0.25, 0.3) is 0 Å². The maximum absolute atomic E-state index is 10.6. The third-order valence-electron chi connectivity index (χ3n) is 1.49. The molecule has 1 fully saturated rings. The molecule has 0 spiro atoms. The van der Waals surface area contributed by atoms with Crippen molar-refractivity contribution >= 4 is 5.91 Å². The SMILES string of the molecule is CC1CCNC(=O)C1. The highest BCUT2D eigenvalue weighted by molar-refractivity contribution is 5.76. The minimum Gasteiger partial charge on any atom is -0.356 e. The van der Waals surface area contributed by atoms with Crippen molar-refractivity contribution < 1.29 is 4.79 Å². The number of piperidine rings is 1. The van der Waals surface area contributed by atoms with Gasteiger partial charge in [0.05, 0.1) is 0 Å². The van der Waals surface area contributed by atoms with Crippen molar-refractivity contribution in [3.8, 4) is 0 Å². The molecule has 1 amide bonds. The lowest BCUT2D eigenvalue weighted by atomic mass is 10.0. The Labute approximate surface area is 49.3 Å². The molecule has 1 rings (SSSR count). The van der Waals surface area contributed by atoms with Crippen LogP contribution in [0.5, 0.6) is 0 Å². The van der Waals surface area contributed by atoms with Gasteiger partial charge < -0.3 is 5.32 Å². The van der Waals surface area contributed by atoms with Crippen molar-refractivity contribution in [3.63, 3.8) is 0 Å². The standard InChI is InChI=1S/C6H11NO/c1-5-2-3-7-6(8)4-5/h5H,2-4H2,1H3,(H,7,8). The molecule has 1 aliphatic heterocycles. The molecule has 0 saturated carbocycles. The number of rotatable bonds is 0. The van der Waals surface area contributed by atoms with Crippen molar-refractivity contribution in [2.45, 2.75) is 19.8 Å². The molecule has 8 heavy (non-hydrogen) atoms. The maximum Gasteiger partial charge on any atom is 0.220 e. The number of amides is 1. The van der Waals surface area contributed by atoms with Gasteiger partial charge in [0.15, 0.2) is 0 Å². The van der Waals surface area contributed by atoms with Gasteiger partial charge in [-0.05, 0) is 12.3 Å². The lowest BCUT2D eigenvalue weighted by Crippen LogP contribution is -2.32. The molecule has 0 aromatic rings. The minimum absolute atomic E-state index is 0.212. The van der Waals surface area contributed by atoms with Crippen molar-refractivity contribution in [2.75, 3.05) is 6.54 Å². The van der Waals surface area contributed by atoms with E-state index in [4.69, 9.17) is 0 Å². The summed E-state index contributed by atoms with van der Waals surface area (Å²) in [5.41, 5.74) is 0. The molecular weight excluding hydrogens is 102 g/mol. The van der Waals surface area contributed by atoms with Crippen LogP contribution in [0, 0.1) is 5.92 Å². The fourth-order valence-corrected chi connectivity index (χ4v) is 0.949. The zero-order chi connectivity index (χ0) is 5.98. The van der Waals surface area contributed by atoms with Crippen LogP contribution >= 0.6 is 0 Å². The molecule has 1 aliphatic rings. The normalized spacial score (nSPS) is 29.6. The first-order valence-electron chi connectivity index (χ1n) is 3.06. The van der Waals surface area contributed by atoms with Crippen molar-refractivity contribution in [1.29, 1.82) is 0 Å². The van der Waals surface area contributed by atoms with E-state index in [1.54, 1.807) is 0 Å². The number of hydrogen-bond donors (Lipinski definition) is 1. The van der Waals surface area contributed by atoms with Gasteiger partial charge in [-0.3, -0.25) is 4.79 Å². The van der Waals surface area contributed by atoms with Crippen LogP contribution in [-0.2, 0) is 4.79 Å².